The molecule has 0 aliphatic carbocycles. The smallest absolute Gasteiger partial charge is 0.311 e. The molecule has 0 spiro atoms. The van der Waals surface area contributed by atoms with Gasteiger partial charge in [-0.3, -0.25) is 20.9 Å². The standard InChI is InChI=1S/C15H15N5O3/c16-14(17)10-3-1-2-9(6-10)8-23-13-5-4-11(15(18)19)7-12(13)20(21)22/h1-7H,8H2,(H3,16,17)(H3,18,19). The molecule has 8 nitrogen and oxygen atoms in total. The summed E-state index contributed by atoms with van der Waals surface area (Å²) in [6.45, 7) is 0.0847. The van der Waals surface area contributed by atoms with Crippen LogP contribution in [0.25, 0.3) is 0 Å². The first kappa shape index (κ1) is 16.0. The number of rotatable bonds is 6. The molecule has 0 atom stereocenters. The van der Waals surface area contributed by atoms with Crippen molar-refractivity contribution in [2.24, 2.45) is 11.5 Å². The molecular formula is C15H15N5O3. The van der Waals surface area contributed by atoms with Gasteiger partial charge in [-0.25, -0.2) is 0 Å². The highest BCUT2D eigenvalue weighted by Gasteiger charge is 2.17. The second-order valence-electron chi connectivity index (χ2n) is 4.76. The van der Waals surface area contributed by atoms with E-state index in [1.54, 1.807) is 24.3 Å². The van der Waals surface area contributed by atoms with Crippen LogP contribution in [-0.4, -0.2) is 16.6 Å². The van der Waals surface area contributed by atoms with Crippen molar-refractivity contribution in [3.63, 3.8) is 0 Å². The van der Waals surface area contributed by atoms with Crippen molar-refractivity contribution >= 4 is 17.4 Å². The van der Waals surface area contributed by atoms with E-state index in [0.717, 1.165) is 5.56 Å². The minimum Gasteiger partial charge on any atom is -0.482 e. The van der Waals surface area contributed by atoms with Crippen LogP contribution in [-0.2, 0) is 6.61 Å². The van der Waals surface area contributed by atoms with Crippen LogP contribution in [0, 0.1) is 20.9 Å². The maximum absolute atomic E-state index is 11.1. The number of nitro groups is 1. The highest BCUT2D eigenvalue weighted by Crippen LogP contribution is 2.28. The SMILES string of the molecule is N=C(N)c1cccc(COc2ccc(C(=N)N)cc2[N+](=O)[O-])c1. The lowest BCUT2D eigenvalue weighted by molar-refractivity contribution is -0.386. The molecular weight excluding hydrogens is 298 g/mol. The number of nitrogen functional groups attached to an aromatic ring is 2. The van der Waals surface area contributed by atoms with Crippen LogP contribution in [0.1, 0.15) is 16.7 Å². The van der Waals surface area contributed by atoms with Gasteiger partial charge in [-0.2, -0.15) is 0 Å². The third-order valence-corrected chi connectivity index (χ3v) is 3.10. The molecule has 118 valence electrons. The summed E-state index contributed by atoms with van der Waals surface area (Å²) in [7, 11) is 0. The van der Waals surface area contributed by atoms with Crippen LogP contribution in [0.15, 0.2) is 42.5 Å². The Bertz CT molecular complexity index is 788. The van der Waals surface area contributed by atoms with Crippen LogP contribution >= 0.6 is 0 Å². The van der Waals surface area contributed by atoms with Crippen molar-refractivity contribution in [3.8, 4) is 5.75 Å². The topological polar surface area (TPSA) is 152 Å². The van der Waals surface area contributed by atoms with Crippen LogP contribution < -0.4 is 16.2 Å². The summed E-state index contributed by atoms with van der Waals surface area (Å²) >= 11 is 0. The predicted octanol–water partition coefficient (Wildman–Crippen LogP) is 1.74. The monoisotopic (exact) mass is 313 g/mol. The van der Waals surface area contributed by atoms with Crippen molar-refractivity contribution in [3.05, 3.63) is 69.3 Å². The Kier molecular flexibility index (Phi) is 4.55. The molecule has 0 aromatic heterocycles. The first-order valence-electron chi connectivity index (χ1n) is 6.57. The van der Waals surface area contributed by atoms with E-state index in [2.05, 4.69) is 0 Å². The van der Waals surface area contributed by atoms with Gasteiger partial charge in [-0.1, -0.05) is 18.2 Å². The summed E-state index contributed by atoms with van der Waals surface area (Å²) in [5, 5.41) is 25.8. The van der Waals surface area contributed by atoms with Crippen LogP contribution in [0.2, 0.25) is 0 Å². The van der Waals surface area contributed by atoms with E-state index in [9.17, 15) is 10.1 Å². The Labute approximate surface area is 131 Å². The number of benzene rings is 2. The highest BCUT2D eigenvalue weighted by atomic mass is 16.6. The van der Waals surface area contributed by atoms with Gasteiger partial charge in [-0.05, 0) is 23.8 Å². The number of nitrogens with two attached hydrogens (primary N) is 2. The first-order valence-corrected chi connectivity index (χ1v) is 6.57. The van der Waals surface area contributed by atoms with Gasteiger partial charge in [-0.15, -0.1) is 0 Å². The average Bonchev–Trinajstić information content (AvgIpc) is 2.52. The summed E-state index contributed by atoms with van der Waals surface area (Å²) in [6, 6.07) is 10.9. The summed E-state index contributed by atoms with van der Waals surface area (Å²) in [5.74, 6) is -0.245. The summed E-state index contributed by atoms with van der Waals surface area (Å²) in [6.07, 6.45) is 0. The lowest BCUT2D eigenvalue weighted by Crippen LogP contribution is -2.12. The van der Waals surface area contributed by atoms with Gasteiger partial charge in [0.25, 0.3) is 0 Å². The number of nitro benzene ring substituents is 1. The molecule has 2 aromatic carbocycles. The zero-order valence-electron chi connectivity index (χ0n) is 12.1. The van der Waals surface area contributed by atoms with Gasteiger partial charge in [0.1, 0.15) is 18.3 Å². The van der Waals surface area contributed by atoms with Gasteiger partial charge in [0, 0.05) is 17.2 Å². The van der Waals surface area contributed by atoms with E-state index in [1.807, 2.05) is 0 Å². The van der Waals surface area contributed by atoms with E-state index in [4.69, 9.17) is 27.0 Å². The number of hydrogen-bond acceptors (Lipinski definition) is 5. The highest BCUT2D eigenvalue weighted by molar-refractivity contribution is 5.96. The van der Waals surface area contributed by atoms with Crippen molar-refractivity contribution in [2.45, 2.75) is 6.61 Å². The Morgan fingerprint density at radius 3 is 2.35 bits per heavy atom. The molecule has 0 aliphatic heterocycles. The van der Waals surface area contributed by atoms with Crippen LogP contribution in [0.3, 0.4) is 0 Å². The van der Waals surface area contributed by atoms with Gasteiger partial charge in [0.05, 0.1) is 4.92 Å². The molecule has 0 bridgehead atoms. The van der Waals surface area contributed by atoms with Crippen molar-refractivity contribution in [2.75, 3.05) is 0 Å². The van der Waals surface area contributed by atoms with Crippen LogP contribution in [0.4, 0.5) is 5.69 Å². The summed E-state index contributed by atoms with van der Waals surface area (Å²) in [5.41, 5.74) is 12.0. The molecule has 2 rings (SSSR count). The van der Waals surface area contributed by atoms with Crippen LogP contribution in [0.5, 0.6) is 5.75 Å². The maximum atomic E-state index is 11.1. The van der Waals surface area contributed by atoms with E-state index in [1.165, 1.54) is 18.2 Å². The quantitative estimate of drug-likeness (QED) is 0.277. The molecule has 0 saturated heterocycles. The van der Waals surface area contributed by atoms with E-state index < -0.39 is 4.92 Å². The number of ether oxygens (including phenoxy) is 1. The second kappa shape index (κ2) is 6.56. The molecule has 0 aliphatic rings. The summed E-state index contributed by atoms with van der Waals surface area (Å²) < 4.78 is 5.49. The third kappa shape index (κ3) is 3.82. The summed E-state index contributed by atoms with van der Waals surface area (Å²) in [4.78, 5) is 10.5. The molecule has 0 heterocycles. The largest absolute Gasteiger partial charge is 0.482 e. The second-order valence-corrected chi connectivity index (χ2v) is 4.76. The van der Waals surface area contributed by atoms with Gasteiger partial charge >= 0.3 is 5.69 Å². The van der Waals surface area contributed by atoms with Gasteiger partial charge in [0.2, 0.25) is 0 Å². The fourth-order valence-electron chi connectivity index (χ4n) is 1.94. The van der Waals surface area contributed by atoms with Crippen molar-refractivity contribution < 1.29 is 9.66 Å². The fraction of sp³-hybridized carbons (Fsp3) is 0.0667. The van der Waals surface area contributed by atoms with E-state index >= 15 is 0 Å². The molecule has 0 amide bonds. The van der Waals surface area contributed by atoms with Gasteiger partial charge < -0.3 is 16.2 Å². The molecule has 0 unspecified atom stereocenters. The molecule has 0 radical (unpaired) electrons. The fourth-order valence-corrected chi connectivity index (χ4v) is 1.94. The Morgan fingerprint density at radius 2 is 1.74 bits per heavy atom. The van der Waals surface area contributed by atoms with E-state index in [-0.39, 0.29) is 35.3 Å². The molecule has 6 N–H and O–H groups in total. The third-order valence-electron chi connectivity index (χ3n) is 3.10. The lowest BCUT2D eigenvalue weighted by Gasteiger charge is -2.09. The first-order chi connectivity index (χ1) is 10.9. The number of nitrogens with zero attached hydrogens (tertiary/aromatic N) is 1. The molecule has 0 saturated carbocycles. The van der Waals surface area contributed by atoms with E-state index in [0.29, 0.717) is 5.56 Å². The zero-order chi connectivity index (χ0) is 17.0. The molecule has 2 aromatic rings. The number of hydrogen-bond donors (Lipinski definition) is 4. The Hall–Kier alpha value is -3.42. The van der Waals surface area contributed by atoms with Crippen molar-refractivity contribution in [1.82, 2.24) is 0 Å². The number of nitrogens with one attached hydrogen (secondary N) is 2. The molecule has 23 heavy (non-hydrogen) atoms. The predicted molar refractivity (Wildman–Crippen MR) is 85.9 cm³/mol. The zero-order valence-corrected chi connectivity index (χ0v) is 12.1. The normalized spacial score (nSPS) is 10.1. The minimum atomic E-state index is -0.590. The number of amidine groups is 2. The Balaban J connectivity index is 2.23. The lowest BCUT2D eigenvalue weighted by atomic mass is 10.1. The minimum absolute atomic E-state index is 0.0661. The van der Waals surface area contributed by atoms with Crippen molar-refractivity contribution in [1.29, 1.82) is 10.8 Å². The maximum Gasteiger partial charge on any atom is 0.311 e. The molecule has 8 heteroatoms. The average molecular weight is 313 g/mol. The van der Waals surface area contributed by atoms with Gasteiger partial charge in [0.15, 0.2) is 5.75 Å². The Morgan fingerprint density at radius 1 is 1.09 bits per heavy atom. The molecule has 0 fully saturated rings.